The Hall–Kier alpha value is -2.42. The van der Waals surface area contributed by atoms with Crippen LogP contribution in [0.25, 0.3) is 11.3 Å². The van der Waals surface area contributed by atoms with Gasteiger partial charge in [0.25, 0.3) is 0 Å². The number of hydrogen-bond acceptors (Lipinski definition) is 8. The lowest BCUT2D eigenvalue weighted by molar-refractivity contribution is -0.152. The van der Waals surface area contributed by atoms with Crippen LogP contribution in [0.4, 0.5) is 11.5 Å². The molecule has 1 aromatic heterocycles. The molecule has 5 rings (SSSR count). The van der Waals surface area contributed by atoms with Gasteiger partial charge in [0, 0.05) is 38.3 Å². The summed E-state index contributed by atoms with van der Waals surface area (Å²) in [6.07, 6.45) is 2.54. The first-order valence-electron chi connectivity index (χ1n) is 11.9. The normalized spacial score (nSPS) is 21.0. The fourth-order valence-corrected chi connectivity index (χ4v) is 5.04. The highest BCUT2D eigenvalue weighted by atomic mass is 16.5. The number of nitrogens with two attached hydrogens (primary N) is 1. The number of hydrogen-bond donors (Lipinski definition) is 3. The van der Waals surface area contributed by atoms with Crippen LogP contribution in [0.1, 0.15) is 26.7 Å². The largest absolute Gasteiger partial charge is 0.507 e. The monoisotopic (exact) mass is 440 g/mol. The van der Waals surface area contributed by atoms with Crippen molar-refractivity contribution in [1.82, 2.24) is 20.4 Å². The summed E-state index contributed by atoms with van der Waals surface area (Å²) in [4.78, 5) is 4.79. The number of para-hydroxylation sites is 1. The van der Waals surface area contributed by atoms with Crippen LogP contribution in [-0.2, 0) is 4.74 Å². The standard InChI is InChI=1S/C22H30N6O2.C2H6/c23-21-19(11-18(25-26-21)17-3-1-2-4-20(17)29)28-9-10-30-22(15-28)13-27(14-22)12-16-5-7-24-8-6-16;1-2/h1-4,11,16,24,29H,5-10,12-15H2,(H2,23,26);1-2H3. The van der Waals surface area contributed by atoms with Gasteiger partial charge in [-0.25, -0.2) is 0 Å². The molecular weight excluding hydrogens is 404 g/mol. The van der Waals surface area contributed by atoms with Crippen molar-refractivity contribution in [3.8, 4) is 17.0 Å². The first kappa shape index (κ1) is 22.8. The molecule has 0 aliphatic carbocycles. The molecular formula is C24H36N6O2. The van der Waals surface area contributed by atoms with Gasteiger partial charge in [-0.2, -0.15) is 0 Å². The Morgan fingerprint density at radius 3 is 2.66 bits per heavy atom. The zero-order valence-electron chi connectivity index (χ0n) is 19.3. The summed E-state index contributed by atoms with van der Waals surface area (Å²) >= 11 is 0. The third-order valence-electron chi connectivity index (χ3n) is 6.57. The van der Waals surface area contributed by atoms with Gasteiger partial charge in [-0.3, -0.25) is 4.90 Å². The number of nitrogens with one attached hydrogen (secondary N) is 1. The second-order valence-electron chi connectivity index (χ2n) is 8.83. The Labute approximate surface area is 190 Å². The number of piperidine rings is 1. The smallest absolute Gasteiger partial charge is 0.169 e. The molecule has 0 radical (unpaired) electrons. The van der Waals surface area contributed by atoms with E-state index in [2.05, 4.69) is 25.3 Å². The van der Waals surface area contributed by atoms with Gasteiger partial charge in [-0.1, -0.05) is 26.0 Å². The summed E-state index contributed by atoms with van der Waals surface area (Å²) in [6, 6.07) is 9.10. The maximum absolute atomic E-state index is 10.2. The van der Waals surface area contributed by atoms with Crippen molar-refractivity contribution in [2.45, 2.75) is 32.3 Å². The van der Waals surface area contributed by atoms with Crippen LogP contribution < -0.4 is 16.0 Å². The number of likely N-dealkylation sites (tertiary alicyclic amines) is 1. The highest BCUT2D eigenvalue weighted by Crippen LogP contribution is 2.36. The molecule has 1 spiro atoms. The van der Waals surface area contributed by atoms with E-state index >= 15 is 0 Å². The molecule has 3 fully saturated rings. The first-order chi connectivity index (χ1) is 15.6. The molecule has 0 atom stereocenters. The molecule has 1 aromatic carbocycles. The van der Waals surface area contributed by atoms with Gasteiger partial charge >= 0.3 is 0 Å². The number of nitrogen functional groups attached to an aromatic ring is 1. The molecule has 4 heterocycles. The zero-order valence-corrected chi connectivity index (χ0v) is 19.3. The number of ether oxygens (including phenoxy) is 1. The summed E-state index contributed by atoms with van der Waals surface area (Å²) < 4.78 is 6.23. The average Bonchev–Trinajstić information content (AvgIpc) is 2.81. The quantitative estimate of drug-likeness (QED) is 0.666. The number of aromatic nitrogens is 2. The van der Waals surface area contributed by atoms with Crippen molar-refractivity contribution in [3.63, 3.8) is 0 Å². The van der Waals surface area contributed by atoms with Crippen LogP contribution in [0.15, 0.2) is 30.3 Å². The van der Waals surface area contributed by atoms with Gasteiger partial charge in [0.15, 0.2) is 5.82 Å². The SMILES string of the molecule is CC.Nc1nnc(-c2ccccc2O)cc1N1CCOC2(CN(CC3CCNCC3)C2)C1. The van der Waals surface area contributed by atoms with Crippen molar-refractivity contribution >= 4 is 11.5 Å². The summed E-state index contributed by atoms with van der Waals surface area (Å²) in [6.45, 7) is 11.6. The van der Waals surface area contributed by atoms with Crippen LogP contribution in [0.3, 0.4) is 0 Å². The molecule has 4 N–H and O–H groups in total. The molecule has 0 saturated carbocycles. The van der Waals surface area contributed by atoms with E-state index in [9.17, 15) is 5.11 Å². The second kappa shape index (κ2) is 10.0. The van der Waals surface area contributed by atoms with Gasteiger partial charge in [0.1, 0.15) is 11.4 Å². The Morgan fingerprint density at radius 2 is 1.91 bits per heavy atom. The maximum atomic E-state index is 10.2. The van der Waals surface area contributed by atoms with Crippen LogP contribution in [0.2, 0.25) is 0 Å². The fourth-order valence-electron chi connectivity index (χ4n) is 5.04. The highest BCUT2D eigenvalue weighted by Gasteiger charge is 2.47. The van der Waals surface area contributed by atoms with Crippen molar-refractivity contribution in [2.24, 2.45) is 5.92 Å². The molecule has 0 amide bonds. The number of phenolic OH excluding ortho intramolecular Hbond substituents is 1. The van der Waals surface area contributed by atoms with E-state index in [1.807, 2.05) is 32.0 Å². The van der Waals surface area contributed by atoms with Crippen LogP contribution in [-0.4, -0.2) is 78.2 Å². The zero-order chi connectivity index (χ0) is 22.6. The third-order valence-corrected chi connectivity index (χ3v) is 6.57. The third kappa shape index (κ3) is 4.82. The number of aromatic hydroxyl groups is 1. The van der Waals surface area contributed by atoms with E-state index < -0.39 is 0 Å². The summed E-state index contributed by atoms with van der Waals surface area (Å²) in [7, 11) is 0. The van der Waals surface area contributed by atoms with Gasteiger partial charge in [-0.05, 0) is 50.0 Å². The number of nitrogens with zero attached hydrogens (tertiary/aromatic N) is 4. The topological polar surface area (TPSA) is 99.8 Å². The summed E-state index contributed by atoms with van der Waals surface area (Å²) in [5, 5.41) is 22.0. The molecule has 2 aromatic rings. The van der Waals surface area contributed by atoms with Gasteiger partial charge in [0.2, 0.25) is 0 Å². The molecule has 174 valence electrons. The van der Waals surface area contributed by atoms with Crippen molar-refractivity contribution in [3.05, 3.63) is 30.3 Å². The van der Waals surface area contributed by atoms with E-state index in [4.69, 9.17) is 10.5 Å². The minimum Gasteiger partial charge on any atom is -0.507 e. The van der Waals surface area contributed by atoms with Crippen LogP contribution >= 0.6 is 0 Å². The molecule has 32 heavy (non-hydrogen) atoms. The van der Waals surface area contributed by atoms with E-state index in [1.165, 1.54) is 19.4 Å². The van der Waals surface area contributed by atoms with E-state index in [0.717, 1.165) is 50.9 Å². The summed E-state index contributed by atoms with van der Waals surface area (Å²) in [5.74, 6) is 1.40. The van der Waals surface area contributed by atoms with E-state index in [1.54, 1.807) is 12.1 Å². The van der Waals surface area contributed by atoms with E-state index in [-0.39, 0.29) is 11.4 Å². The Morgan fingerprint density at radius 1 is 1.16 bits per heavy atom. The van der Waals surface area contributed by atoms with Gasteiger partial charge < -0.3 is 25.8 Å². The Balaban J connectivity index is 0.00000119. The number of phenols is 1. The lowest BCUT2D eigenvalue weighted by Crippen LogP contribution is -2.70. The molecule has 3 saturated heterocycles. The molecule has 3 aliphatic heterocycles. The van der Waals surface area contributed by atoms with Crippen molar-refractivity contribution in [1.29, 1.82) is 0 Å². The second-order valence-corrected chi connectivity index (χ2v) is 8.83. The van der Waals surface area contributed by atoms with Gasteiger partial charge in [0.05, 0.1) is 18.0 Å². The predicted molar refractivity (Wildman–Crippen MR) is 128 cm³/mol. The minimum atomic E-state index is -0.129. The molecule has 0 bridgehead atoms. The molecule has 8 heteroatoms. The van der Waals surface area contributed by atoms with E-state index in [0.29, 0.717) is 23.7 Å². The Kier molecular flexibility index (Phi) is 7.13. The van der Waals surface area contributed by atoms with Crippen molar-refractivity contribution in [2.75, 3.05) is 63.1 Å². The van der Waals surface area contributed by atoms with Crippen molar-refractivity contribution < 1.29 is 9.84 Å². The minimum absolute atomic E-state index is 0.129. The summed E-state index contributed by atoms with van der Waals surface area (Å²) in [5.41, 5.74) is 8.22. The molecule has 3 aliphatic rings. The fraction of sp³-hybridized carbons (Fsp3) is 0.583. The Bertz CT molecular complexity index is 896. The highest BCUT2D eigenvalue weighted by molar-refractivity contribution is 5.74. The lowest BCUT2D eigenvalue weighted by Gasteiger charge is -2.55. The predicted octanol–water partition coefficient (Wildman–Crippen LogP) is 2.35. The number of benzene rings is 1. The maximum Gasteiger partial charge on any atom is 0.169 e. The first-order valence-corrected chi connectivity index (χ1v) is 11.9. The molecule has 0 unspecified atom stereocenters. The van der Waals surface area contributed by atoms with Crippen LogP contribution in [0, 0.1) is 5.92 Å². The molecule has 8 nitrogen and oxygen atoms in total. The lowest BCUT2D eigenvalue weighted by atomic mass is 9.88. The number of morpholine rings is 1. The number of rotatable bonds is 4. The van der Waals surface area contributed by atoms with Gasteiger partial charge in [-0.15, -0.1) is 10.2 Å². The number of anilines is 2. The van der Waals surface area contributed by atoms with Crippen LogP contribution in [0.5, 0.6) is 5.75 Å². The average molecular weight is 441 g/mol.